The first kappa shape index (κ1) is 39.1. The summed E-state index contributed by atoms with van der Waals surface area (Å²) in [6.07, 6.45) is 0.0167. The molecule has 3 aromatic rings. The molecule has 3 aromatic carbocycles. The van der Waals surface area contributed by atoms with Gasteiger partial charge in [-0.05, 0) is 73.9 Å². The van der Waals surface area contributed by atoms with Gasteiger partial charge in [0.05, 0.1) is 7.11 Å². The summed E-state index contributed by atoms with van der Waals surface area (Å²) in [4.78, 5) is 85.6. The standard InChI is InChI=1S/C39H46N6O9/c1-21-34(47)42-23(3)38(51)44(4)30(18-25-7-12-27(53-6)13-8-25)36(49)41-22(2)35(48)43-29-17-24-9-14-28(15-10-24)54-33-20-26(11-16-32(33)46)19-31(37(50)40-21)45(5)39(29)52/h7-16,20-23,29-31,46H,17-19H2,1-6H3,(H,40,50)(H,41,49)(H,42,47)(H,43,48)/t21-,22+,23+,29+,30+,31+/m1/s1. The molecule has 286 valence electrons. The van der Waals surface area contributed by atoms with Crippen LogP contribution in [0.15, 0.2) is 66.7 Å². The number of nitrogens with one attached hydrogen (secondary N) is 4. The zero-order valence-corrected chi connectivity index (χ0v) is 31.0. The van der Waals surface area contributed by atoms with Crippen molar-refractivity contribution in [2.75, 3.05) is 21.2 Å². The number of carbonyl (C=O) groups is 6. The van der Waals surface area contributed by atoms with Gasteiger partial charge in [-0.15, -0.1) is 0 Å². The highest BCUT2D eigenvalue weighted by atomic mass is 16.5. The average molecular weight is 743 g/mol. The van der Waals surface area contributed by atoms with Crippen LogP contribution in [0.1, 0.15) is 37.5 Å². The van der Waals surface area contributed by atoms with Crippen LogP contribution >= 0.6 is 0 Å². The molecule has 0 saturated carbocycles. The van der Waals surface area contributed by atoms with Crippen LogP contribution in [0.25, 0.3) is 0 Å². The number of phenols is 1. The third-order valence-electron chi connectivity index (χ3n) is 9.72. The van der Waals surface area contributed by atoms with Crippen LogP contribution in [-0.4, -0.2) is 108 Å². The zero-order chi connectivity index (χ0) is 39.3. The van der Waals surface area contributed by atoms with Gasteiger partial charge >= 0.3 is 0 Å². The molecule has 0 aliphatic carbocycles. The van der Waals surface area contributed by atoms with E-state index in [0.717, 1.165) is 0 Å². The van der Waals surface area contributed by atoms with Crippen LogP contribution in [0.3, 0.4) is 0 Å². The van der Waals surface area contributed by atoms with Gasteiger partial charge < -0.3 is 45.6 Å². The maximum atomic E-state index is 14.4. The summed E-state index contributed by atoms with van der Waals surface area (Å²) in [5.74, 6) is -2.85. The summed E-state index contributed by atoms with van der Waals surface area (Å²) < 4.78 is 11.2. The van der Waals surface area contributed by atoms with E-state index in [1.54, 1.807) is 60.7 Å². The number of amides is 6. The van der Waals surface area contributed by atoms with Gasteiger partial charge in [0, 0.05) is 33.4 Å². The fourth-order valence-corrected chi connectivity index (χ4v) is 6.35. The van der Waals surface area contributed by atoms with Gasteiger partial charge in [0.2, 0.25) is 35.4 Å². The molecule has 6 bridgehead atoms. The Morgan fingerprint density at radius 3 is 1.93 bits per heavy atom. The summed E-state index contributed by atoms with van der Waals surface area (Å²) in [6, 6.07) is 11.3. The highest BCUT2D eigenvalue weighted by molar-refractivity contribution is 5.98. The van der Waals surface area contributed by atoms with E-state index in [4.69, 9.17) is 9.47 Å². The number of hydrogen-bond donors (Lipinski definition) is 5. The van der Waals surface area contributed by atoms with Crippen molar-refractivity contribution in [1.29, 1.82) is 0 Å². The summed E-state index contributed by atoms with van der Waals surface area (Å²) >= 11 is 0. The minimum absolute atomic E-state index is 0.00871. The number of nitrogens with zero attached hydrogens (tertiary/aromatic N) is 2. The molecule has 54 heavy (non-hydrogen) atoms. The molecule has 5 N–H and O–H groups in total. The van der Waals surface area contributed by atoms with Crippen molar-refractivity contribution in [3.63, 3.8) is 0 Å². The summed E-state index contributed by atoms with van der Waals surface area (Å²) in [5, 5.41) is 21.3. The second kappa shape index (κ2) is 16.7. The predicted octanol–water partition coefficient (Wildman–Crippen LogP) is 1.20. The number of ether oxygens (including phenoxy) is 2. The number of benzene rings is 3. The minimum atomic E-state index is -1.20. The Labute approximate surface area is 313 Å². The summed E-state index contributed by atoms with van der Waals surface area (Å²) in [7, 11) is 4.38. The molecule has 0 radical (unpaired) electrons. The molecule has 1 saturated heterocycles. The Kier molecular flexibility index (Phi) is 12.1. The monoisotopic (exact) mass is 742 g/mol. The van der Waals surface area contributed by atoms with E-state index in [1.165, 1.54) is 57.8 Å². The molecule has 6 amide bonds. The van der Waals surface area contributed by atoms with Crippen molar-refractivity contribution in [3.05, 3.63) is 83.4 Å². The molecule has 15 nitrogen and oxygen atoms in total. The van der Waals surface area contributed by atoms with Gasteiger partial charge in [0.15, 0.2) is 11.5 Å². The van der Waals surface area contributed by atoms with Crippen LogP contribution in [0.2, 0.25) is 0 Å². The molecule has 3 aliphatic heterocycles. The van der Waals surface area contributed by atoms with Crippen molar-refractivity contribution in [3.8, 4) is 23.0 Å². The molecule has 0 unspecified atom stereocenters. The Hall–Kier alpha value is -6.12. The topological polar surface area (TPSA) is 196 Å². The van der Waals surface area contributed by atoms with Crippen LogP contribution in [0.4, 0.5) is 0 Å². The molecule has 6 atom stereocenters. The van der Waals surface area contributed by atoms with E-state index < -0.39 is 71.7 Å². The van der Waals surface area contributed by atoms with Crippen molar-refractivity contribution in [2.24, 2.45) is 0 Å². The molecule has 6 rings (SSSR count). The molecule has 15 heteroatoms. The van der Waals surface area contributed by atoms with Crippen molar-refractivity contribution in [2.45, 2.75) is 76.3 Å². The van der Waals surface area contributed by atoms with Crippen molar-refractivity contribution in [1.82, 2.24) is 31.1 Å². The highest BCUT2D eigenvalue weighted by Gasteiger charge is 2.37. The lowest BCUT2D eigenvalue weighted by Crippen LogP contribution is -2.61. The summed E-state index contributed by atoms with van der Waals surface area (Å²) in [5.41, 5.74) is 1.87. The Morgan fingerprint density at radius 2 is 1.28 bits per heavy atom. The van der Waals surface area contributed by atoms with Crippen molar-refractivity contribution >= 4 is 35.4 Å². The van der Waals surface area contributed by atoms with Crippen LogP contribution in [0, 0.1) is 0 Å². The maximum absolute atomic E-state index is 14.4. The Morgan fingerprint density at radius 1 is 0.685 bits per heavy atom. The fourth-order valence-electron chi connectivity index (χ4n) is 6.35. The average Bonchev–Trinajstić information content (AvgIpc) is 3.15. The van der Waals surface area contributed by atoms with E-state index >= 15 is 0 Å². The van der Waals surface area contributed by atoms with E-state index in [1.807, 2.05) is 0 Å². The molecule has 3 aliphatic rings. The SMILES string of the molecule is COc1ccc(C[C@H]2C(=O)N[C@@H](C)C(=O)N[C@H]3Cc4ccc(cc4)Oc4cc(ccc4O)C[C@@H](C(=O)N[C@H](C)C(=O)N[C@@H](C)C(=O)N2C)N(C)C3=O)cc1. The minimum Gasteiger partial charge on any atom is -0.504 e. The molecule has 3 heterocycles. The van der Waals surface area contributed by atoms with Crippen molar-refractivity contribution < 1.29 is 43.3 Å². The molecule has 1 fully saturated rings. The zero-order valence-electron chi connectivity index (χ0n) is 31.0. The number of fused-ring (bicyclic) bond motifs is 2. The number of rotatable bonds is 3. The van der Waals surface area contributed by atoms with Crippen LogP contribution in [-0.2, 0) is 48.0 Å². The lowest BCUT2D eigenvalue weighted by molar-refractivity contribution is -0.144. The van der Waals surface area contributed by atoms with Gasteiger partial charge in [0.1, 0.15) is 47.8 Å². The second-order valence-electron chi connectivity index (χ2n) is 13.7. The lowest BCUT2D eigenvalue weighted by atomic mass is 9.99. The predicted molar refractivity (Wildman–Crippen MR) is 197 cm³/mol. The fraction of sp³-hybridized carbons (Fsp3) is 0.385. The number of phenolic OH excluding ortho intramolecular Hbond substituents is 1. The first-order chi connectivity index (χ1) is 25.6. The number of likely N-dealkylation sites (N-methyl/N-ethyl adjacent to an activating group) is 2. The van der Waals surface area contributed by atoms with E-state index in [9.17, 15) is 33.9 Å². The quantitative estimate of drug-likeness (QED) is 0.262. The van der Waals surface area contributed by atoms with Gasteiger partial charge in [-0.3, -0.25) is 28.8 Å². The van der Waals surface area contributed by atoms with Gasteiger partial charge in [0.25, 0.3) is 0 Å². The van der Waals surface area contributed by atoms with E-state index in [-0.39, 0.29) is 30.8 Å². The smallest absolute Gasteiger partial charge is 0.245 e. The highest BCUT2D eigenvalue weighted by Crippen LogP contribution is 2.33. The van der Waals surface area contributed by atoms with E-state index in [2.05, 4.69) is 21.3 Å². The maximum Gasteiger partial charge on any atom is 0.245 e. The van der Waals surface area contributed by atoms with E-state index in [0.29, 0.717) is 28.2 Å². The van der Waals surface area contributed by atoms with Gasteiger partial charge in [-0.25, -0.2) is 0 Å². The Balaban J connectivity index is 1.54. The molecular formula is C39H46N6O9. The third-order valence-corrected chi connectivity index (χ3v) is 9.72. The number of carbonyl (C=O) groups excluding carboxylic acids is 6. The van der Waals surface area contributed by atoms with Crippen LogP contribution in [0.5, 0.6) is 23.0 Å². The molecular weight excluding hydrogens is 696 g/mol. The largest absolute Gasteiger partial charge is 0.504 e. The number of methoxy groups -OCH3 is 1. The summed E-state index contributed by atoms with van der Waals surface area (Å²) in [6.45, 7) is 4.37. The third kappa shape index (κ3) is 9.08. The first-order valence-corrected chi connectivity index (χ1v) is 17.6. The normalized spacial score (nSPS) is 24.6. The van der Waals surface area contributed by atoms with Gasteiger partial charge in [-0.1, -0.05) is 30.3 Å². The van der Waals surface area contributed by atoms with Gasteiger partial charge in [-0.2, -0.15) is 0 Å². The lowest BCUT2D eigenvalue weighted by Gasteiger charge is -2.34. The second-order valence-corrected chi connectivity index (χ2v) is 13.7. The van der Waals surface area contributed by atoms with Crippen LogP contribution < -0.4 is 30.7 Å². The molecule has 0 aromatic heterocycles. The Bertz CT molecular complexity index is 1900. The number of aromatic hydroxyl groups is 1. The number of hydrogen-bond acceptors (Lipinski definition) is 9. The first-order valence-electron chi connectivity index (χ1n) is 17.6. The molecule has 0 spiro atoms.